The molecule has 0 aliphatic carbocycles. The topological polar surface area (TPSA) is 61.5 Å². The van der Waals surface area contributed by atoms with Crippen LogP contribution in [0.3, 0.4) is 0 Å². The van der Waals surface area contributed by atoms with Crippen molar-refractivity contribution in [2.24, 2.45) is 5.92 Å². The van der Waals surface area contributed by atoms with E-state index in [9.17, 15) is 5.11 Å². The van der Waals surface area contributed by atoms with Crippen LogP contribution < -0.4 is 5.32 Å². The number of hydrogen-bond donors (Lipinski definition) is 2. The van der Waals surface area contributed by atoms with Gasteiger partial charge in [0.2, 0.25) is 5.89 Å². The summed E-state index contributed by atoms with van der Waals surface area (Å²) in [5, 5.41) is 12.7. The Bertz CT molecular complexity index is 641. The first-order chi connectivity index (χ1) is 11.7. The molecular formula is C19H27N3O2. The second-order valence-electron chi connectivity index (χ2n) is 6.66. The summed E-state index contributed by atoms with van der Waals surface area (Å²) in [5.41, 5.74) is 3.38. The first-order valence-electron chi connectivity index (χ1n) is 8.73. The molecule has 5 nitrogen and oxygen atoms in total. The molecule has 1 fully saturated rings. The van der Waals surface area contributed by atoms with Gasteiger partial charge in [0.1, 0.15) is 5.76 Å². The Morgan fingerprint density at radius 1 is 1.25 bits per heavy atom. The number of likely N-dealkylation sites (tertiary alicyclic amines) is 1. The van der Waals surface area contributed by atoms with E-state index in [0.717, 1.165) is 55.5 Å². The minimum atomic E-state index is 0.320. The largest absolute Gasteiger partial charge is 0.444 e. The second-order valence-corrected chi connectivity index (χ2v) is 6.66. The van der Waals surface area contributed by atoms with Gasteiger partial charge in [-0.15, -0.1) is 0 Å². The van der Waals surface area contributed by atoms with E-state index < -0.39 is 0 Å². The molecule has 1 aliphatic heterocycles. The summed E-state index contributed by atoms with van der Waals surface area (Å²) in [6.45, 7) is 7.86. The molecule has 1 aromatic carbocycles. The average Bonchev–Trinajstić information content (AvgIpc) is 2.93. The zero-order valence-electron chi connectivity index (χ0n) is 14.6. The van der Waals surface area contributed by atoms with Crippen LogP contribution in [0.15, 0.2) is 28.7 Å². The Morgan fingerprint density at radius 2 is 2.00 bits per heavy atom. The van der Waals surface area contributed by atoms with E-state index in [1.54, 1.807) is 0 Å². The molecular weight excluding hydrogens is 302 g/mol. The van der Waals surface area contributed by atoms with Gasteiger partial charge in [-0.3, -0.25) is 4.90 Å². The molecule has 5 heteroatoms. The number of piperidine rings is 1. The molecule has 0 radical (unpaired) electrons. The Hall–Kier alpha value is -1.85. The van der Waals surface area contributed by atoms with E-state index in [-0.39, 0.29) is 0 Å². The quantitative estimate of drug-likeness (QED) is 0.853. The van der Waals surface area contributed by atoms with Gasteiger partial charge in [-0.2, -0.15) is 0 Å². The van der Waals surface area contributed by atoms with Crippen LogP contribution in [-0.2, 0) is 13.1 Å². The monoisotopic (exact) mass is 329 g/mol. The lowest BCUT2D eigenvalue weighted by Gasteiger charge is -2.31. The maximum atomic E-state index is 9.27. The Balaban J connectivity index is 1.60. The smallest absolute Gasteiger partial charge is 0.213 e. The molecule has 130 valence electrons. The van der Waals surface area contributed by atoms with Crippen LogP contribution in [0.5, 0.6) is 0 Å². The van der Waals surface area contributed by atoms with Gasteiger partial charge in [-0.05, 0) is 57.3 Å². The van der Waals surface area contributed by atoms with E-state index >= 15 is 0 Å². The number of rotatable bonds is 6. The third kappa shape index (κ3) is 4.16. The van der Waals surface area contributed by atoms with Gasteiger partial charge in [-0.25, -0.2) is 4.98 Å². The van der Waals surface area contributed by atoms with Crippen molar-refractivity contribution in [1.82, 2.24) is 9.88 Å². The number of oxazole rings is 1. The Kier molecular flexibility index (Phi) is 5.53. The highest BCUT2D eigenvalue weighted by Crippen LogP contribution is 2.22. The normalized spacial score (nSPS) is 16.5. The molecule has 1 aromatic heterocycles. The molecule has 24 heavy (non-hydrogen) atoms. The predicted octanol–water partition coefficient (Wildman–Crippen LogP) is 3.11. The summed E-state index contributed by atoms with van der Waals surface area (Å²) in [5.74, 6) is 2.08. The van der Waals surface area contributed by atoms with Gasteiger partial charge in [0, 0.05) is 18.8 Å². The molecule has 0 saturated carbocycles. The minimum absolute atomic E-state index is 0.320. The van der Waals surface area contributed by atoms with E-state index in [0.29, 0.717) is 19.1 Å². The van der Waals surface area contributed by atoms with Gasteiger partial charge in [0.25, 0.3) is 0 Å². The zero-order chi connectivity index (χ0) is 16.9. The Morgan fingerprint density at radius 3 is 2.67 bits per heavy atom. The van der Waals surface area contributed by atoms with Gasteiger partial charge < -0.3 is 14.8 Å². The van der Waals surface area contributed by atoms with Crippen LogP contribution in [0.2, 0.25) is 0 Å². The first kappa shape index (κ1) is 17.0. The number of nitrogens with one attached hydrogen (secondary N) is 1. The molecule has 2 aromatic rings. The zero-order valence-corrected chi connectivity index (χ0v) is 14.6. The Labute approximate surface area is 143 Å². The number of anilines is 1. The number of aryl methyl sites for hydroxylation is 2. The molecule has 0 unspecified atom stereocenters. The number of hydrogen-bond acceptors (Lipinski definition) is 5. The number of aromatic nitrogens is 1. The van der Waals surface area contributed by atoms with Crippen LogP contribution in [0, 0.1) is 19.8 Å². The van der Waals surface area contributed by atoms with Crippen molar-refractivity contribution in [3.8, 4) is 0 Å². The lowest BCUT2D eigenvalue weighted by molar-refractivity contribution is 0.127. The highest BCUT2D eigenvalue weighted by molar-refractivity contribution is 5.51. The molecule has 0 bridgehead atoms. The van der Waals surface area contributed by atoms with Crippen molar-refractivity contribution < 1.29 is 9.52 Å². The molecule has 0 atom stereocenters. The molecule has 1 saturated heterocycles. The third-order valence-corrected chi connectivity index (χ3v) is 4.88. The molecule has 0 amide bonds. The second kappa shape index (κ2) is 7.81. The van der Waals surface area contributed by atoms with Crippen LogP contribution in [0.1, 0.15) is 35.7 Å². The summed E-state index contributed by atoms with van der Waals surface area (Å²) in [6.07, 6.45) is 2.17. The maximum absolute atomic E-state index is 9.27. The van der Waals surface area contributed by atoms with Gasteiger partial charge in [0.05, 0.1) is 12.2 Å². The lowest BCUT2D eigenvalue weighted by Crippen LogP contribution is -2.34. The maximum Gasteiger partial charge on any atom is 0.213 e. The van der Waals surface area contributed by atoms with Gasteiger partial charge >= 0.3 is 0 Å². The lowest BCUT2D eigenvalue weighted by atomic mass is 9.97. The molecule has 2 N–H and O–H groups in total. The van der Waals surface area contributed by atoms with Crippen molar-refractivity contribution in [3.05, 3.63) is 47.2 Å². The fraction of sp³-hybridized carbons (Fsp3) is 0.526. The van der Waals surface area contributed by atoms with Gasteiger partial charge in [0.15, 0.2) is 0 Å². The van der Waals surface area contributed by atoms with Crippen molar-refractivity contribution >= 4 is 5.69 Å². The third-order valence-electron chi connectivity index (χ3n) is 4.88. The molecule has 1 aliphatic rings. The van der Waals surface area contributed by atoms with Crippen molar-refractivity contribution in [2.75, 3.05) is 25.0 Å². The summed E-state index contributed by atoms with van der Waals surface area (Å²) in [6, 6.07) is 8.42. The number of aliphatic hydroxyl groups is 1. The highest BCUT2D eigenvalue weighted by atomic mass is 16.4. The summed E-state index contributed by atoms with van der Waals surface area (Å²) < 4.78 is 5.64. The van der Waals surface area contributed by atoms with Gasteiger partial charge in [-0.1, -0.05) is 18.2 Å². The average molecular weight is 329 g/mol. The standard InChI is InChI=1S/C19H27N3O2/c1-14-15(2)24-19(21-14)11-20-18-6-4-3-5-17(18)12-22-9-7-16(13-23)8-10-22/h3-6,16,20,23H,7-13H2,1-2H3. The first-order valence-corrected chi connectivity index (χ1v) is 8.73. The van der Waals surface area contributed by atoms with E-state index in [2.05, 4.69) is 39.5 Å². The fourth-order valence-corrected chi connectivity index (χ4v) is 3.18. The highest BCUT2D eigenvalue weighted by Gasteiger charge is 2.19. The molecule has 3 rings (SSSR count). The predicted molar refractivity (Wildman–Crippen MR) is 94.8 cm³/mol. The summed E-state index contributed by atoms with van der Waals surface area (Å²) in [7, 11) is 0. The van der Waals surface area contributed by atoms with E-state index in [1.807, 2.05) is 13.8 Å². The van der Waals surface area contributed by atoms with Crippen molar-refractivity contribution in [1.29, 1.82) is 0 Å². The van der Waals surface area contributed by atoms with Crippen LogP contribution >= 0.6 is 0 Å². The molecule has 0 spiro atoms. The number of nitrogens with zero attached hydrogens (tertiary/aromatic N) is 2. The number of aliphatic hydroxyl groups excluding tert-OH is 1. The summed E-state index contributed by atoms with van der Waals surface area (Å²) in [4.78, 5) is 6.89. The van der Waals surface area contributed by atoms with Crippen molar-refractivity contribution in [2.45, 2.75) is 39.8 Å². The SMILES string of the molecule is Cc1nc(CNc2ccccc2CN2CCC(CO)CC2)oc1C. The minimum Gasteiger partial charge on any atom is -0.444 e. The molecule has 2 heterocycles. The van der Waals surface area contributed by atoms with E-state index in [4.69, 9.17) is 4.42 Å². The number of para-hydroxylation sites is 1. The number of benzene rings is 1. The van der Waals surface area contributed by atoms with Crippen LogP contribution in [-0.4, -0.2) is 34.7 Å². The van der Waals surface area contributed by atoms with E-state index in [1.165, 1.54) is 5.56 Å². The van der Waals surface area contributed by atoms with Crippen LogP contribution in [0.25, 0.3) is 0 Å². The van der Waals surface area contributed by atoms with Crippen molar-refractivity contribution in [3.63, 3.8) is 0 Å². The van der Waals surface area contributed by atoms with Crippen LogP contribution in [0.4, 0.5) is 5.69 Å². The fourth-order valence-electron chi connectivity index (χ4n) is 3.18. The summed E-state index contributed by atoms with van der Waals surface area (Å²) >= 11 is 0.